The molecule has 0 aromatic carbocycles. The number of alkyl halides is 33. The van der Waals surface area contributed by atoms with E-state index in [2.05, 4.69) is 9.47 Å². The highest BCUT2D eigenvalue weighted by Gasteiger charge is 3.01. The van der Waals surface area contributed by atoms with Crippen molar-refractivity contribution in [2.24, 2.45) is 0 Å². The summed E-state index contributed by atoms with van der Waals surface area (Å²) in [5.41, 5.74) is 0. The molecule has 0 heterocycles. The molecule has 0 saturated carbocycles. The minimum atomic E-state index is -10.2. The van der Waals surface area contributed by atoms with Gasteiger partial charge in [0.2, 0.25) is 0 Å². The van der Waals surface area contributed by atoms with Gasteiger partial charge in [0.1, 0.15) is 0 Å². The van der Waals surface area contributed by atoms with Crippen molar-refractivity contribution in [2.45, 2.75) is 101 Å². The Hall–Kier alpha value is -2.43. The first-order valence-corrected chi connectivity index (χ1v) is 13.3. The number of ether oxygens (including phenoxy) is 2. The van der Waals surface area contributed by atoms with Gasteiger partial charge in [0.05, 0.1) is 33.0 Å². The Kier molecular flexibility index (Phi) is 14.5. The fourth-order valence-corrected chi connectivity index (χ4v) is 3.52. The molecule has 0 aliphatic heterocycles. The highest BCUT2D eigenvalue weighted by molar-refractivity contribution is 5.22. The average Bonchev–Trinajstić information content (AvgIpc) is 3.02. The van der Waals surface area contributed by atoms with Crippen molar-refractivity contribution in [3.63, 3.8) is 0 Å². The summed E-state index contributed by atoms with van der Waals surface area (Å²) in [6.07, 6.45) is -11.5. The van der Waals surface area contributed by atoms with Gasteiger partial charge in [0.25, 0.3) is 0 Å². The summed E-state index contributed by atoms with van der Waals surface area (Å²) in [7, 11) is 0. The Balaban J connectivity index is 7.37. The van der Waals surface area contributed by atoms with Crippen LogP contribution >= 0.6 is 0 Å². The predicted octanol–water partition coefficient (Wildman–Crippen LogP) is 10.5. The van der Waals surface area contributed by atoms with Gasteiger partial charge < -0.3 is 14.6 Å². The highest BCUT2D eigenvalue weighted by atomic mass is 19.4. The normalized spacial score (nSPS) is 16.7. The topological polar surface area (TPSA) is 38.7 Å². The van der Waals surface area contributed by atoms with Gasteiger partial charge in [0, 0.05) is 6.42 Å². The lowest BCUT2D eigenvalue weighted by Crippen LogP contribution is -2.80. The Morgan fingerprint density at radius 1 is 0.241 bits per heavy atom. The van der Waals surface area contributed by atoms with E-state index in [9.17, 15) is 145 Å². The van der Waals surface area contributed by atoms with Gasteiger partial charge in [-0.25, -0.2) is 0 Å². The summed E-state index contributed by atoms with van der Waals surface area (Å²) in [6.45, 7) is -5.30. The largest absolute Gasteiger partial charge is 0.460 e. The molecule has 0 unspecified atom stereocenters. The van der Waals surface area contributed by atoms with E-state index in [1.807, 2.05) is 0 Å². The van der Waals surface area contributed by atoms with Crippen molar-refractivity contribution in [1.29, 1.82) is 0 Å². The van der Waals surface area contributed by atoms with Gasteiger partial charge in [-0.3, -0.25) is 0 Å². The highest BCUT2D eigenvalue weighted by Crippen LogP contribution is 2.70. The molecule has 0 saturated heterocycles. The molecular weight excluding hydrogens is 939 g/mol. The molecule has 350 valence electrons. The number of hydrogen-bond acceptors (Lipinski definition) is 3. The first-order valence-electron chi connectivity index (χ1n) is 13.3. The zero-order valence-electron chi connectivity index (χ0n) is 26.0. The lowest BCUT2D eigenvalue weighted by molar-refractivity contribution is -0.491. The lowest BCUT2D eigenvalue weighted by atomic mass is 9.82. The third kappa shape index (κ3) is 7.28. The van der Waals surface area contributed by atoms with Crippen molar-refractivity contribution in [3.05, 3.63) is 0 Å². The SMILES string of the molecule is OCCOCCOCCC(F)(F)C(F)(F)C(F)(F)C(F)(F)C(F)(F)C(F)(F)C(F)(F)C(F)(F)C(F)(F)C(F)(F)C(F)(F)C(F)(F)C(F)(F)C(F)(F)C(F)(F)C(F)(F)F. The number of halogens is 33. The molecule has 36 heteroatoms. The lowest BCUT2D eigenvalue weighted by Gasteiger charge is -2.47. The molecule has 0 atom stereocenters. The monoisotopic (exact) mass is 952 g/mol. The van der Waals surface area contributed by atoms with Crippen LogP contribution in [-0.4, -0.2) is 133 Å². The fourth-order valence-electron chi connectivity index (χ4n) is 3.52. The van der Waals surface area contributed by atoms with Crippen molar-refractivity contribution >= 4 is 0 Å². The third-order valence-electron chi connectivity index (χ3n) is 7.11. The smallest absolute Gasteiger partial charge is 0.394 e. The Labute approximate surface area is 295 Å². The number of rotatable bonds is 22. The molecule has 0 aromatic rings. The third-order valence-corrected chi connectivity index (χ3v) is 7.11. The summed E-state index contributed by atoms with van der Waals surface area (Å²) >= 11 is 0. The Morgan fingerprint density at radius 3 is 0.638 bits per heavy atom. The van der Waals surface area contributed by atoms with E-state index in [1.54, 1.807) is 0 Å². The van der Waals surface area contributed by atoms with Crippen molar-refractivity contribution < 1.29 is 159 Å². The van der Waals surface area contributed by atoms with Crippen LogP contribution in [0.15, 0.2) is 0 Å². The van der Waals surface area contributed by atoms with E-state index < -0.39 is 134 Å². The van der Waals surface area contributed by atoms with E-state index in [4.69, 9.17) is 5.11 Å². The second kappa shape index (κ2) is 15.2. The molecule has 0 rings (SSSR count). The molecule has 58 heavy (non-hydrogen) atoms. The van der Waals surface area contributed by atoms with E-state index in [0.717, 1.165) is 0 Å². The minimum Gasteiger partial charge on any atom is -0.394 e. The van der Waals surface area contributed by atoms with Crippen molar-refractivity contribution in [2.75, 3.05) is 33.0 Å². The summed E-state index contributed by atoms with van der Waals surface area (Å²) < 4.78 is 457. The maximum atomic E-state index is 14.0. The summed E-state index contributed by atoms with van der Waals surface area (Å²) in [4.78, 5) is 0. The molecule has 0 aliphatic rings. The molecule has 0 radical (unpaired) electrons. The number of aliphatic hydroxyl groups is 1. The maximum Gasteiger partial charge on any atom is 0.460 e. The van der Waals surface area contributed by atoms with Crippen LogP contribution in [0.5, 0.6) is 0 Å². The van der Waals surface area contributed by atoms with Gasteiger partial charge in [-0.2, -0.15) is 145 Å². The van der Waals surface area contributed by atoms with Gasteiger partial charge in [-0.15, -0.1) is 0 Å². The first-order chi connectivity index (χ1) is 24.8. The van der Waals surface area contributed by atoms with Gasteiger partial charge in [-0.05, 0) is 0 Å². The maximum absolute atomic E-state index is 14.0. The molecule has 1 N–H and O–H groups in total. The van der Waals surface area contributed by atoms with E-state index in [1.165, 1.54) is 0 Å². The number of aliphatic hydroxyl groups excluding tert-OH is 1. The minimum absolute atomic E-state index is 0.566. The molecule has 0 aromatic heterocycles. The Morgan fingerprint density at radius 2 is 0.431 bits per heavy atom. The van der Waals surface area contributed by atoms with Crippen molar-refractivity contribution in [1.82, 2.24) is 0 Å². The molecule has 3 nitrogen and oxygen atoms in total. The van der Waals surface area contributed by atoms with Gasteiger partial charge in [-0.1, -0.05) is 0 Å². The average molecular weight is 952 g/mol. The van der Waals surface area contributed by atoms with Crippen LogP contribution in [0.4, 0.5) is 145 Å². The standard InChI is InChI=1S/C22H13F33O3/c23-7(24,1-3-57-5-6-58-4-2-56)8(25,26)9(27,28)10(29,30)11(31,32)12(33,34)13(35,36)14(37,38)15(39,40)16(41,42)17(43,44)18(45,46)19(47,48)20(49,50)21(51,52)22(53,54)55/h56H,1-6H2. The van der Waals surface area contributed by atoms with Crippen LogP contribution in [0.1, 0.15) is 6.42 Å². The van der Waals surface area contributed by atoms with Crippen LogP contribution in [0.25, 0.3) is 0 Å². The van der Waals surface area contributed by atoms with Crippen molar-refractivity contribution in [3.8, 4) is 0 Å². The molecule has 0 aliphatic carbocycles. The second-order valence-corrected chi connectivity index (χ2v) is 10.9. The van der Waals surface area contributed by atoms with Crippen LogP contribution in [0.2, 0.25) is 0 Å². The molecule has 0 bridgehead atoms. The summed E-state index contributed by atoms with van der Waals surface area (Å²) in [6, 6.07) is 0. The van der Waals surface area contributed by atoms with Crippen LogP contribution < -0.4 is 0 Å². The van der Waals surface area contributed by atoms with Crippen LogP contribution in [-0.2, 0) is 9.47 Å². The molecular formula is C22H13F33O3. The van der Waals surface area contributed by atoms with Crippen LogP contribution in [0.3, 0.4) is 0 Å². The van der Waals surface area contributed by atoms with Gasteiger partial charge >= 0.3 is 95.0 Å². The predicted molar refractivity (Wildman–Crippen MR) is 114 cm³/mol. The molecule has 0 fully saturated rings. The number of hydrogen-bond donors (Lipinski definition) is 1. The summed E-state index contributed by atoms with van der Waals surface area (Å²) in [5.74, 6) is -143. The second-order valence-electron chi connectivity index (χ2n) is 10.9. The zero-order valence-corrected chi connectivity index (χ0v) is 26.0. The first kappa shape index (κ1) is 55.6. The Bertz CT molecular complexity index is 1390. The zero-order chi connectivity index (χ0) is 47.7. The molecule has 0 spiro atoms. The molecule has 0 amide bonds. The summed E-state index contributed by atoms with van der Waals surface area (Å²) in [5, 5.41) is 8.34. The van der Waals surface area contributed by atoms with Gasteiger partial charge in [0.15, 0.2) is 0 Å². The fraction of sp³-hybridized carbons (Fsp3) is 1.00. The van der Waals surface area contributed by atoms with Crippen LogP contribution in [0, 0.1) is 0 Å². The van der Waals surface area contributed by atoms with E-state index >= 15 is 0 Å². The quantitative estimate of drug-likeness (QED) is 0.0868. The van der Waals surface area contributed by atoms with E-state index in [0.29, 0.717) is 0 Å². The van der Waals surface area contributed by atoms with E-state index in [-0.39, 0.29) is 0 Å².